The Morgan fingerprint density at radius 3 is 2.45 bits per heavy atom. The van der Waals surface area contributed by atoms with Gasteiger partial charge in [0.15, 0.2) is 0 Å². The molecule has 7 nitrogen and oxygen atoms in total. The zero-order chi connectivity index (χ0) is 15.3. The highest BCUT2D eigenvalue weighted by Crippen LogP contribution is 2.17. The van der Waals surface area contributed by atoms with Gasteiger partial charge in [-0.3, -0.25) is 4.79 Å². The van der Waals surface area contributed by atoms with Crippen molar-refractivity contribution in [3.05, 3.63) is 29.8 Å². The van der Waals surface area contributed by atoms with Crippen LogP contribution >= 0.6 is 0 Å². The largest absolute Gasteiger partial charge is 0.480 e. The molecular formula is C12H15NO6S. The molecule has 1 aromatic rings. The Bertz CT molecular complexity index is 610. The molecule has 20 heavy (non-hydrogen) atoms. The number of methoxy groups -OCH3 is 1. The highest BCUT2D eigenvalue weighted by molar-refractivity contribution is 7.89. The molecule has 0 saturated carbocycles. The van der Waals surface area contributed by atoms with E-state index in [1.54, 1.807) is 0 Å². The van der Waals surface area contributed by atoms with Gasteiger partial charge in [-0.2, -0.15) is 4.72 Å². The second kappa shape index (κ2) is 6.49. The number of benzene rings is 1. The smallest absolute Gasteiger partial charge is 0.339 e. The molecule has 0 aliphatic heterocycles. The third-order valence-electron chi connectivity index (χ3n) is 2.59. The van der Waals surface area contributed by atoms with E-state index in [0.29, 0.717) is 0 Å². The predicted molar refractivity (Wildman–Crippen MR) is 69.8 cm³/mol. The van der Waals surface area contributed by atoms with Crippen molar-refractivity contribution >= 4 is 22.0 Å². The van der Waals surface area contributed by atoms with Gasteiger partial charge in [0, 0.05) is 0 Å². The van der Waals surface area contributed by atoms with E-state index in [1.807, 2.05) is 4.72 Å². The maximum absolute atomic E-state index is 12.2. The van der Waals surface area contributed by atoms with Crippen LogP contribution in [-0.2, 0) is 19.6 Å². The number of carbonyl (C=O) groups excluding carboxylic acids is 1. The lowest BCUT2D eigenvalue weighted by Gasteiger charge is -2.14. The summed E-state index contributed by atoms with van der Waals surface area (Å²) >= 11 is 0. The summed E-state index contributed by atoms with van der Waals surface area (Å²) < 4.78 is 30.9. The Balaban J connectivity index is 3.23. The average Bonchev–Trinajstić information content (AvgIpc) is 2.43. The Hall–Kier alpha value is -1.93. The molecule has 1 unspecified atom stereocenters. The molecular weight excluding hydrogens is 286 g/mol. The van der Waals surface area contributed by atoms with Crippen LogP contribution in [0.4, 0.5) is 0 Å². The van der Waals surface area contributed by atoms with Gasteiger partial charge < -0.3 is 9.84 Å². The number of carbonyl (C=O) groups is 2. The van der Waals surface area contributed by atoms with Gasteiger partial charge in [-0.25, -0.2) is 13.2 Å². The van der Waals surface area contributed by atoms with E-state index in [4.69, 9.17) is 5.11 Å². The summed E-state index contributed by atoms with van der Waals surface area (Å²) in [5.41, 5.74) is -0.150. The lowest BCUT2D eigenvalue weighted by atomic mass is 10.2. The summed E-state index contributed by atoms with van der Waals surface area (Å²) in [6.45, 7) is 1.54. The molecule has 0 spiro atoms. The van der Waals surface area contributed by atoms with Gasteiger partial charge >= 0.3 is 11.9 Å². The molecule has 0 radical (unpaired) electrons. The van der Waals surface area contributed by atoms with E-state index in [2.05, 4.69) is 4.74 Å². The van der Waals surface area contributed by atoms with E-state index >= 15 is 0 Å². The molecule has 0 bridgehead atoms. The molecule has 2 N–H and O–H groups in total. The standard InChI is InChI=1S/C12H15NO6S/c1-3-9(11(14)15)13-20(17,18)10-7-5-4-6-8(10)12(16)19-2/h4-7,9,13H,3H2,1-2H3,(H,14,15). The van der Waals surface area contributed by atoms with E-state index in [9.17, 15) is 18.0 Å². The zero-order valence-corrected chi connectivity index (χ0v) is 11.8. The summed E-state index contributed by atoms with van der Waals surface area (Å²) in [6, 6.07) is 4.17. The molecule has 0 aromatic heterocycles. The summed E-state index contributed by atoms with van der Waals surface area (Å²) in [5.74, 6) is -2.10. The first-order chi connectivity index (χ1) is 9.33. The second-order valence-electron chi connectivity index (χ2n) is 3.91. The highest BCUT2D eigenvalue weighted by atomic mass is 32.2. The quantitative estimate of drug-likeness (QED) is 0.745. The van der Waals surface area contributed by atoms with Gasteiger partial charge in [0.1, 0.15) is 6.04 Å². The molecule has 0 aliphatic rings. The Morgan fingerprint density at radius 2 is 1.95 bits per heavy atom. The van der Waals surface area contributed by atoms with Crippen molar-refractivity contribution in [1.82, 2.24) is 4.72 Å². The van der Waals surface area contributed by atoms with Gasteiger partial charge in [-0.1, -0.05) is 19.1 Å². The lowest BCUT2D eigenvalue weighted by Crippen LogP contribution is -2.40. The third kappa shape index (κ3) is 3.55. The minimum atomic E-state index is -4.13. The van der Waals surface area contributed by atoms with Crippen LogP contribution in [0.3, 0.4) is 0 Å². The molecule has 0 amide bonds. The molecule has 110 valence electrons. The summed E-state index contributed by atoms with van der Waals surface area (Å²) in [5, 5.41) is 8.89. The van der Waals surface area contributed by atoms with Gasteiger partial charge in [-0.15, -0.1) is 0 Å². The molecule has 0 heterocycles. The number of hydrogen-bond donors (Lipinski definition) is 2. The van der Waals surface area contributed by atoms with Crippen molar-refractivity contribution in [3.63, 3.8) is 0 Å². The van der Waals surface area contributed by atoms with Crippen LogP contribution in [0, 0.1) is 0 Å². The van der Waals surface area contributed by atoms with E-state index in [0.717, 1.165) is 7.11 Å². The number of ether oxygens (including phenoxy) is 1. The number of hydrogen-bond acceptors (Lipinski definition) is 5. The second-order valence-corrected chi connectivity index (χ2v) is 5.59. The first-order valence-corrected chi connectivity index (χ1v) is 7.24. The SMILES string of the molecule is CCC(NS(=O)(=O)c1ccccc1C(=O)OC)C(=O)O. The van der Waals surface area contributed by atoms with Crippen molar-refractivity contribution in [2.75, 3.05) is 7.11 Å². The molecule has 1 rings (SSSR count). The number of nitrogens with one attached hydrogen (secondary N) is 1. The third-order valence-corrected chi connectivity index (χ3v) is 4.12. The van der Waals surface area contributed by atoms with Gasteiger partial charge in [0.2, 0.25) is 10.0 Å². The fourth-order valence-electron chi connectivity index (χ4n) is 1.54. The van der Waals surface area contributed by atoms with Crippen molar-refractivity contribution in [2.24, 2.45) is 0 Å². The van der Waals surface area contributed by atoms with Crippen LogP contribution < -0.4 is 4.72 Å². The van der Waals surface area contributed by atoms with Gasteiger partial charge in [0.25, 0.3) is 0 Å². The Labute approximate surface area is 116 Å². The molecule has 8 heteroatoms. The first-order valence-electron chi connectivity index (χ1n) is 5.76. The van der Waals surface area contributed by atoms with Crippen molar-refractivity contribution < 1.29 is 27.9 Å². The highest BCUT2D eigenvalue weighted by Gasteiger charge is 2.27. The molecule has 0 saturated heterocycles. The van der Waals surface area contributed by atoms with Crippen LogP contribution in [0.25, 0.3) is 0 Å². The Morgan fingerprint density at radius 1 is 1.35 bits per heavy atom. The van der Waals surface area contributed by atoms with E-state index < -0.39 is 28.0 Å². The molecule has 1 aromatic carbocycles. The minimum absolute atomic E-state index is 0.0783. The number of esters is 1. The van der Waals surface area contributed by atoms with Gasteiger partial charge in [-0.05, 0) is 18.6 Å². The van der Waals surface area contributed by atoms with Gasteiger partial charge in [0.05, 0.1) is 17.6 Å². The number of rotatable bonds is 6. The van der Waals surface area contributed by atoms with Crippen molar-refractivity contribution in [3.8, 4) is 0 Å². The summed E-state index contributed by atoms with van der Waals surface area (Å²) in [4.78, 5) is 22.1. The van der Waals surface area contributed by atoms with E-state index in [1.165, 1.54) is 31.2 Å². The van der Waals surface area contributed by atoms with Crippen LogP contribution in [0.5, 0.6) is 0 Å². The van der Waals surface area contributed by atoms with Crippen LogP contribution in [0.1, 0.15) is 23.7 Å². The first kappa shape index (κ1) is 16.1. The fraction of sp³-hybridized carbons (Fsp3) is 0.333. The minimum Gasteiger partial charge on any atom is -0.480 e. The maximum Gasteiger partial charge on any atom is 0.339 e. The molecule has 0 fully saturated rings. The predicted octanol–water partition coefficient (Wildman–Crippen LogP) is 0.615. The number of sulfonamides is 1. The summed E-state index contributed by atoms with van der Waals surface area (Å²) in [6.07, 6.45) is 0.0783. The number of carboxylic acids is 1. The average molecular weight is 301 g/mol. The number of carboxylic acid groups (broad SMARTS) is 1. The fourth-order valence-corrected chi connectivity index (χ4v) is 3.01. The summed E-state index contributed by atoms with van der Waals surface area (Å²) in [7, 11) is -3.00. The maximum atomic E-state index is 12.2. The monoisotopic (exact) mass is 301 g/mol. The van der Waals surface area contributed by atoms with Crippen LogP contribution in [0.2, 0.25) is 0 Å². The lowest BCUT2D eigenvalue weighted by molar-refractivity contribution is -0.139. The normalized spacial score (nSPS) is 12.7. The zero-order valence-electron chi connectivity index (χ0n) is 11.0. The number of aliphatic carboxylic acids is 1. The topological polar surface area (TPSA) is 110 Å². The van der Waals surface area contributed by atoms with Crippen LogP contribution in [0.15, 0.2) is 29.2 Å². The molecule has 0 aliphatic carbocycles. The van der Waals surface area contributed by atoms with Crippen LogP contribution in [-0.4, -0.2) is 38.6 Å². The molecule has 1 atom stereocenters. The van der Waals surface area contributed by atoms with Crippen molar-refractivity contribution in [1.29, 1.82) is 0 Å². The Kier molecular flexibility index (Phi) is 5.23. The van der Waals surface area contributed by atoms with Crippen molar-refractivity contribution in [2.45, 2.75) is 24.3 Å². The van der Waals surface area contributed by atoms with E-state index in [-0.39, 0.29) is 16.9 Å².